The molecule has 2 fully saturated rings. The highest BCUT2D eigenvalue weighted by Crippen LogP contribution is 2.34. The van der Waals surface area contributed by atoms with Crippen LogP contribution >= 0.6 is 0 Å². The van der Waals surface area contributed by atoms with E-state index < -0.39 is 5.82 Å². The predicted molar refractivity (Wildman–Crippen MR) is 121 cm³/mol. The zero-order valence-electron chi connectivity index (χ0n) is 18.3. The van der Waals surface area contributed by atoms with Gasteiger partial charge < -0.3 is 15.2 Å². The number of hydrogen-bond donors (Lipinski definition) is 2. The Morgan fingerprint density at radius 1 is 1.22 bits per heavy atom. The molecule has 9 heteroatoms. The Bertz CT molecular complexity index is 1120. The van der Waals surface area contributed by atoms with Gasteiger partial charge in [-0.1, -0.05) is 19.3 Å². The molecule has 0 amide bonds. The summed E-state index contributed by atoms with van der Waals surface area (Å²) in [5.74, 6) is 0.163. The lowest BCUT2D eigenvalue weighted by Crippen LogP contribution is -2.28. The number of pyridine rings is 1. The normalized spacial score (nSPS) is 19.1. The summed E-state index contributed by atoms with van der Waals surface area (Å²) in [6.07, 6.45) is 13.7. The van der Waals surface area contributed by atoms with Crippen LogP contribution in [0.5, 0.6) is 0 Å². The molecule has 5 rings (SSSR count). The summed E-state index contributed by atoms with van der Waals surface area (Å²) in [6.45, 7) is 0.703. The number of hydrogen-bond acceptors (Lipinski definition) is 6. The number of aldehydes is 1. The lowest BCUT2D eigenvalue weighted by Gasteiger charge is -2.25. The van der Waals surface area contributed by atoms with Gasteiger partial charge >= 0.3 is 0 Å². The third-order valence-corrected chi connectivity index (χ3v) is 6.32. The standard InChI is InChI=1S/C16H14FN5O2.C7H15N/c17-11-6-12(16(24)18-8-11)13-2-1-4-21(13)14-3-5-22-15(20-14)10(9-23)7-19-22;1-8-7-5-3-2-4-6-7/h3,5-9,13H,1-2,4H2,(H,18,24);7-8H,2-6H2,1H3. The van der Waals surface area contributed by atoms with Crippen LogP contribution in [0.4, 0.5) is 10.2 Å². The molecule has 2 aliphatic rings. The molecule has 1 unspecified atom stereocenters. The van der Waals surface area contributed by atoms with Crippen molar-refractivity contribution in [3.8, 4) is 0 Å². The quantitative estimate of drug-likeness (QED) is 0.605. The molecule has 1 atom stereocenters. The van der Waals surface area contributed by atoms with Gasteiger partial charge in [-0.05, 0) is 44.9 Å². The van der Waals surface area contributed by atoms with E-state index in [0.29, 0.717) is 35.4 Å². The summed E-state index contributed by atoms with van der Waals surface area (Å²) >= 11 is 0. The number of fused-ring (bicyclic) bond motifs is 1. The van der Waals surface area contributed by atoms with Gasteiger partial charge in [-0.15, -0.1) is 0 Å². The Morgan fingerprint density at radius 2 is 2.03 bits per heavy atom. The van der Waals surface area contributed by atoms with Crippen molar-refractivity contribution < 1.29 is 9.18 Å². The van der Waals surface area contributed by atoms with E-state index in [9.17, 15) is 14.0 Å². The first-order valence-corrected chi connectivity index (χ1v) is 11.2. The summed E-state index contributed by atoms with van der Waals surface area (Å²) in [5.41, 5.74) is 0.947. The number of nitrogens with one attached hydrogen (secondary N) is 2. The second-order valence-electron chi connectivity index (χ2n) is 8.35. The molecule has 1 aliphatic carbocycles. The van der Waals surface area contributed by atoms with Crippen molar-refractivity contribution in [2.75, 3.05) is 18.5 Å². The smallest absolute Gasteiger partial charge is 0.253 e. The third kappa shape index (κ3) is 4.72. The van der Waals surface area contributed by atoms with Crippen molar-refractivity contribution in [2.24, 2.45) is 0 Å². The van der Waals surface area contributed by atoms with Gasteiger partial charge in [0.05, 0.1) is 17.8 Å². The molecule has 2 N–H and O–H groups in total. The average molecular weight is 441 g/mol. The topological polar surface area (TPSA) is 95.4 Å². The Balaban J connectivity index is 0.000000260. The largest absolute Gasteiger partial charge is 0.349 e. The highest BCUT2D eigenvalue weighted by molar-refractivity contribution is 5.84. The number of anilines is 1. The first kappa shape index (κ1) is 22.1. The summed E-state index contributed by atoms with van der Waals surface area (Å²) in [4.78, 5) is 32.1. The fraction of sp³-hybridized carbons (Fsp3) is 0.478. The molecule has 3 aromatic rings. The lowest BCUT2D eigenvalue weighted by molar-refractivity contribution is 0.112. The number of halogens is 1. The Kier molecular flexibility index (Phi) is 6.94. The van der Waals surface area contributed by atoms with Crippen molar-refractivity contribution in [2.45, 2.75) is 57.0 Å². The minimum atomic E-state index is -0.473. The van der Waals surface area contributed by atoms with E-state index in [-0.39, 0.29) is 11.6 Å². The van der Waals surface area contributed by atoms with E-state index in [1.807, 2.05) is 4.90 Å². The van der Waals surface area contributed by atoms with E-state index in [1.54, 1.807) is 12.3 Å². The molecule has 1 saturated carbocycles. The Morgan fingerprint density at radius 3 is 2.75 bits per heavy atom. The number of H-pyrrole nitrogens is 1. The molecule has 0 radical (unpaired) electrons. The van der Waals surface area contributed by atoms with Gasteiger partial charge in [-0.3, -0.25) is 9.59 Å². The number of carbonyl (C=O) groups is 1. The van der Waals surface area contributed by atoms with Gasteiger partial charge in [0.15, 0.2) is 11.9 Å². The van der Waals surface area contributed by atoms with Crippen LogP contribution in [-0.2, 0) is 0 Å². The van der Waals surface area contributed by atoms with Gasteiger partial charge in [0.25, 0.3) is 5.56 Å². The van der Waals surface area contributed by atoms with Crippen LogP contribution in [0.3, 0.4) is 0 Å². The first-order chi connectivity index (χ1) is 15.6. The van der Waals surface area contributed by atoms with Gasteiger partial charge in [-0.25, -0.2) is 13.9 Å². The maximum atomic E-state index is 13.5. The van der Waals surface area contributed by atoms with Gasteiger partial charge in [0.1, 0.15) is 11.6 Å². The zero-order valence-corrected chi connectivity index (χ0v) is 18.3. The second-order valence-corrected chi connectivity index (χ2v) is 8.35. The average Bonchev–Trinajstić information content (AvgIpc) is 3.48. The van der Waals surface area contributed by atoms with Crippen molar-refractivity contribution in [1.82, 2.24) is 24.9 Å². The molecule has 3 aromatic heterocycles. The van der Waals surface area contributed by atoms with Gasteiger partial charge in [0, 0.05) is 30.5 Å². The monoisotopic (exact) mass is 440 g/mol. The summed E-state index contributed by atoms with van der Waals surface area (Å²) in [5, 5.41) is 7.36. The number of carbonyl (C=O) groups excluding carboxylic acids is 1. The van der Waals surface area contributed by atoms with Crippen molar-refractivity contribution in [3.63, 3.8) is 0 Å². The number of rotatable bonds is 4. The summed E-state index contributed by atoms with van der Waals surface area (Å²) in [7, 11) is 2.07. The second kappa shape index (κ2) is 10.0. The highest BCUT2D eigenvalue weighted by atomic mass is 19.1. The van der Waals surface area contributed by atoms with E-state index in [1.165, 1.54) is 48.9 Å². The fourth-order valence-corrected chi connectivity index (χ4v) is 4.60. The van der Waals surface area contributed by atoms with E-state index in [0.717, 1.165) is 25.1 Å². The minimum absolute atomic E-state index is 0.248. The molecule has 0 aromatic carbocycles. The molecular formula is C23H29FN6O2. The molecule has 0 bridgehead atoms. The molecule has 8 nitrogen and oxygen atoms in total. The maximum absolute atomic E-state index is 13.5. The van der Waals surface area contributed by atoms with E-state index in [4.69, 9.17) is 0 Å². The molecular weight excluding hydrogens is 411 g/mol. The molecule has 1 saturated heterocycles. The molecule has 4 heterocycles. The SMILES string of the molecule is CNC1CCCCC1.O=Cc1cnn2ccc(N3CCCC3c3cc(F)c[nH]c3=O)nc12. The summed E-state index contributed by atoms with van der Waals surface area (Å²) < 4.78 is 15.1. The third-order valence-electron chi connectivity index (χ3n) is 6.32. The van der Waals surface area contributed by atoms with Crippen LogP contribution in [-0.4, -0.2) is 45.5 Å². The number of aromatic amines is 1. The Labute approximate surface area is 185 Å². The molecule has 32 heavy (non-hydrogen) atoms. The van der Waals surface area contributed by atoms with Crippen LogP contribution in [0.2, 0.25) is 0 Å². The fourth-order valence-electron chi connectivity index (χ4n) is 4.60. The van der Waals surface area contributed by atoms with Crippen LogP contribution < -0.4 is 15.8 Å². The summed E-state index contributed by atoms with van der Waals surface area (Å²) in [6, 6.07) is 3.64. The minimum Gasteiger partial charge on any atom is -0.349 e. The zero-order chi connectivity index (χ0) is 22.5. The molecule has 1 aliphatic heterocycles. The van der Waals surface area contributed by atoms with Crippen molar-refractivity contribution in [3.05, 3.63) is 58.0 Å². The van der Waals surface area contributed by atoms with Gasteiger partial charge in [-0.2, -0.15) is 5.10 Å². The number of nitrogens with zero attached hydrogens (tertiary/aromatic N) is 4. The molecule has 170 valence electrons. The lowest BCUT2D eigenvalue weighted by atomic mass is 9.96. The van der Waals surface area contributed by atoms with E-state index >= 15 is 0 Å². The van der Waals surface area contributed by atoms with Crippen LogP contribution in [0, 0.1) is 5.82 Å². The highest BCUT2D eigenvalue weighted by Gasteiger charge is 2.29. The van der Waals surface area contributed by atoms with Gasteiger partial charge in [0.2, 0.25) is 0 Å². The van der Waals surface area contributed by atoms with Crippen LogP contribution in [0.15, 0.2) is 35.5 Å². The predicted octanol–water partition coefficient (Wildman–Crippen LogP) is 3.25. The first-order valence-electron chi connectivity index (χ1n) is 11.2. The Hall–Kier alpha value is -3.07. The van der Waals surface area contributed by atoms with Crippen molar-refractivity contribution in [1.29, 1.82) is 0 Å². The molecule has 0 spiro atoms. The maximum Gasteiger partial charge on any atom is 0.253 e. The van der Waals surface area contributed by atoms with Crippen LogP contribution in [0.1, 0.15) is 66.9 Å². The number of aromatic nitrogens is 4. The van der Waals surface area contributed by atoms with Crippen molar-refractivity contribution >= 4 is 17.8 Å². The van der Waals surface area contributed by atoms with E-state index in [2.05, 4.69) is 27.4 Å². The van der Waals surface area contributed by atoms with Crippen LogP contribution in [0.25, 0.3) is 5.65 Å².